The topological polar surface area (TPSA) is 15.3 Å². The number of nitrogens with zero attached hydrogens (tertiary/aromatic N) is 1. The lowest BCUT2D eigenvalue weighted by atomic mass is 9.78. The van der Waals surface area contributed by atoms with Crippen LogP contribution in [0.3, 0.4) is 0 Å². The number of hydrogen-bond acceptors (Lipinski definition) is 2. The molecule has 2 aliphatic rings. The van der Waals surface area contributed by atoms with Gasteiger partial charge in [-0.25, -0.2) is 0 Å². The Morgan fingerprint density at radius 2 is 2.00 bits per heavy atom. The first-order valence-corrected chi connectivity index (χ1v) is 7.08. The lowest BCUT2D eigenvalue weighted by Gasteiger charge is -2.35. The normalized spacial score (nSPS) is 41.4. The molecule has 94 valence electrons. The minimum atomic E-state index is 0.787. The molecule has 0 aromatic heterocycles. The van der Waals surface area contributed by atoms with Crippen molar-refractivity contribution in [2.75, 3.05) is 26.7 Å². The predicted octanol–water partition coefficient (Wildman–Crippen LogP) is 2.35. The zero-order valence-electron chi connectivity index (χ0n) is 11.2. The molecule has 0 amide bonds. The lowest BCUT2D eigenvalue weighted by Crippen LogP contribution is -2.42. The Bertz CT molecular complexity index is 217. The highest BCUT2D eigenvalue weighted by Crippen LogP contribution is 2.29. The highest BCUT2D eigenvalue weighted by molar-refractivity contribution is 4.84. The van der Waals surface area contributed by atoms with Crippen molar-refractivity contribution in [2.45, 2.75) is 45.6 Å². The van der Waals surface area contributed by atoms with E-state index in [4.69, 9.17) is 0 Å². The molecule has 1 saturated heterocycles. The van der Waals surface area contributed by atoms with Crippen molar-refractivity contribution in [3.05, 3.63) is 0 Å². The molecule has 1 aliphatic carbocycles. The van der Waals surface area contributed by atoms with Crippen LogP contribution >= 0.6 is 0 Å². The summed E-state index contributed by atoms with van der Waals surface area (Å²) in [5.74, 6) is 2.68. The molecule has 2 fully saturated rings. The van der Waals surface area contributed by atoms with Crippen molar-refractivity contribution >= 4 is 0 Å². The fraction of sp³-hybridized carbons (Fsp3) is 1.00. The number of hydrogen-bond donors (Lipinski definition) is 1. The second kappa shape index (κ2) is 5.50. The molecule has 1 saturated carbocycles. The maximum absolute atomic E-state index is 3.84. The smallest absolute Gasteiger partial charge is 0.00953 e. The third-order valence-electron chi connectivity index (χ3n) is 4.86. The van der Waals surface area contributed by atoms with Crippen LogP contribution < -0.4 is 5.32 Å². The van der Waals surface area contributed by atoms with Crippen molar-refractivity contribution in [2.24, 2.45) is 17.8 Å². The SMILES string of the molecule is CC1CCCC(NCC2CCN(C)C2)C1C. The van der Waals surface area contributed by atoms with E-state index in [1.165, 1.54) is 45.3 Å². The average molecular weight is 224 g/mol. The molecule has 0 bridgehead atoms. The van der Waals surface area contributed by atoms with E-state index in [-0.39, 0.29) is 0 Å². The van der Waals surface area contributed by atoms with Gasteiger partial charge < -0.3 is 10.2 Å². The van der Waals surface area contributed by atoms with Crippen molar-refractivity contribution in [1.82, 2.24) is 10.2 Å². The summed E-state index contributed by atoms with van der Waals surface area (Å²) < 4.78 is 0. The number of rotatable bonds is 3. The molecule has 4 atom stereocenters. The summed E-state index contributed by atoms with van der Waals surface area (Å²) >= 11 is 0. The lowest BCUT2D eigenvalue weighted by molar-refractivity contribution is 0.201. The van der Waals surface area contributed by atoms with E-state index in [9.17, 15) is 0 Å². The van der Waals surface area contributed by atoms with Gasteiger partial charge in [0.15, 0.2) is 0 Å². The van der Waals surface area contributed by atoms with Gasteiger partial charge in [0, 0.05) is 12.6 Å². The van der Waals surface area contributed by atoms with Gasteiger partial charge in [-0.3, -0.25) is 0 Å². The van der Waals surface area contributed by atoms with E-state index in [0.29, 0.717) is 0 Å². The standard InChI is InChI=1S/C14H28N2/c1-11-5-4-6-14(12(11)2)15-9-13-7-8-16(3)10-13/h11-15H,4-10H2,1-3H3. The second-order valence-electron chi connectivity index (χ2n) is 6.20. The highest BCUT2D eigenvalue weighted by Gasteiger charge is 2.28. The molecule has 0 spiro atoms. The van der Waals surface area contributed by atoms with Crippen LogP contribution in [0.2, 0.25) is 0 Å². The predicted molar refractivity (Wildman–Crippen MR) is 69.6 cm³/mol. The monoisotopic (exact) mass is 224 g/mol. The van der Waals surface area contributed by atoms with E-state index in [2.05, 4.69) is 31.1 Å². The third kappa shape index (κ3) is 2.98. The summed E-state index contributed by atoms with van der Waals surface area (Å²) in [5.41, 5.74) is 0. The zero-order valence-corrected chi connectivity index (χ0v) is 11.2. The largest absolute Gasteiger partial charge is 0.313 e. The summed E-state index contributed by atoms with van der Waals surface area (Å²) in [4.78, 5) is 2.46. The Morgan fingerprint density at radius 1 is 1.19 bits per heavy atom. The van der Waals surface area contributed by atoms with Crippen LogP contribution in [0.5, 0.6) is 0 Å². The van der Waals surface area contributed by atoms with Gasteiger partial charge in [-0.1, -0.05) is 26.7 Å². The van der Waals surface area contributed by atoms with Gasteiger partial charge >= 0.3 is 0 Å². The summed E-state index contributed by atoms with van der Waals surface area (Å²) in [5, 5.41) is 3.84. The molecule has 2 heteroatoms. The Balaban J connectivity index is 1.72. The summed E-state index contributed by atoms with van der Waals surface area (Å²) in [6.07, 6.45) is 5.65. The molecule has 4 unspecified atom stereocenters. The van der Waals surface area contributed by atoms with Gasteiger partial charge in [0.25, 0.3) is 0 Å². The Kier molecular flexibility index (Phi) is 4.26. The zero-order chi connectivity index (χ0) is 11.5. The minimum Gasteiger partial charge on any atom is -0.313 e. The van der Waals surface area contributed by atoms with Crippen LogP contribution in [0.4, 0.5) is 0 Å². The van der Waals surface area contributed by atoms with E-state index in [1.54, 1.807) is 0 Å². The van der Waals surface area contributed by atoms with Crippen LogP contribution in [0.25, 0.3) is 0 Å². The van der Waals surface area contributed by atoms with Crippen LogP contribution in [0.1, 0.15) is 39.5 Å². The molecular weight excluding hydrogens is 196 g/mol. The first-order chi connectivity index (χ1) is 7.66. The van der Waals surface area contributed by atoms with Crippen molar-refractivity contribution in [1.29, 1.82) is 0 Å². The summed E-state index contributed by atoms with van der Waals surface area (Å²) in [6, 6.07) is 0.787. The summed E-state index contributed by atoms with van der Waals surface area (Å²) in [7, 11) is 2.24. The van der Waals surface area contributed by atoms with Gasteiger partial charge in [-0.15, -0.1) is 0 Å². The van der Waals surface area contributed by atoms with E-state index < -0.39 is 0 Å². The molecule has 0 aromatic carbocycles. The first-order valence-electron chi connectivity index (χ1n) is 7.08. The maximum atomic E-state index is 3.84. The van der Waals surface area contributed by atoms with Gasteiger partial charge in [-0.2, -0.15) is 0 Å². The van der Waals surface area contributed by atoms with E-state index in [1.807, 2.05) is 0 Å². The van der Waals surface area contributed by atoms with Gasteiger partial charge in [0.05, 0.1) is 0 Å². The van der Waals surface area contributed by atoms with Crippen molar-refractivity contribution in [3.63, 3.8) is 0 Å². The molecule has 2 nitrogen and oxygen atoms in total. The highest BCUT2D eigenvalue weighted by atomic mass is 15.1. The van der Waals surface area contributed by atoms with Crippen molar-refractivity contribution < 1.29 is 0 Å². The molecular formula is C14H28N2. The number of likely N-dealkylation sites (tertiary alicyclic amines) is 1. The molecule has 1 aliphatic heterocycles. The molecule has 1 heterocycles. The van der Waals surface area contributed by atoms with E-state index in [0.717, 1.165) is 23.8 Å². The van der Waals surface area contributed by atoms with Crippen LogP contribution in [0, 0.1) is 17.8 Å². The number of nitrogens with one attached hydrogen (secondary N) is 1. The Hall–Kier alpha value is -0.0800. The molecule has 16 heavy (non-hydrogen) atoms. The maximum Gasteiger partial charge on any atom is 0.00953 e. The average Bonchev–Trinajstić information content (AvgIpc) is 2.67. The fourth-order valence-electron chi connectivity index (χ4n) is 3.38. The van der Waals surface area contributed by atoms with Crippen molar-refractivity contribution in [3.8, 4) is 0 Å². The Labute approximate surface area is 101 Å². The quantitative estimate of drug-likeness (QED) is 0.791. The fourth-order valence-corrected chi connectivity index (χ4v) is 3.38. The molecule has 1 N–H and O–H groups in total. The van der Waals surface area contributed by atoms with Crippen LogP contribution in [-0.2, 0) is 0 Å². The van der Waals surface area contributed by atoms with Crippen LogP contribution in [0.15, 0.2) is 0 Å². The Morgan fingerprint density at radius 3 is 2.69 bits per heavy atom. The van der Waals surface area contributed by atoms with Gasteiger partial charge in [0.2, 0.25) is 0 Å². The van der Waals surface area contributed by atoms with Gasteiger partial charge in [-0.05, 0) is 50.7 Å². The third-order valence-corrected chi connectivity index (χ3v) is 4.86. The molecule has 0 aromatic rings. The van der Waals surface area contributed by atoms with Gasteiger partial charge in [0.1, 0.15) is 0 Å². The van der Waals surface area contributed by atoms with Crippen LogP contribution in [-0.4, -0.2) is 37.6 Å². The summed E-state index contributed by atoms with van der Waals surface area (Å²) in [6.45, 7) is 8.68. The van der Waals surface area contributed by atoms with E-state index >= 15 is 0 Å². The second-order valence-corrected chi connectivity index (χ2v) is 6.20. The molecule has 0 radical (unpaired) electrons. The first kappa shape index (κ1) is 12.4. The molecule has 2 rings (SSSR count). The minimum absolute atomic E-state index is 0.787.